The van der Waals surface area contributed by atoms with Crippen LogP contribution in [0.5, 0.6) is 0 Å². The van der Waals surface area contributed by atoms with Gasteiger partial charge in [0.15, 0.2) is 0 Å². The zero-order chi connectivity index (χ0) is 12.2. The summed E-state index contributed by atoms with van der Waals surface area (Å²) in [5, 5.41) is 1.57. The predicted octanol–water partition coefficient (Wildman–Crippen LogP) is 0.863. The van der Waals surface area contributed by atoms with Crippen LogP contribution in [-0.4, -0.2) is 31.2 Å². The fourth-order valence-electron chi connectivity index (χ4n) is 0.848. The Kier molecular flexibility index (Phi) is 4.57. The van der Waals surface area contributed by atoms with E-state index in [4.69, 9.17) is 0 Å². The lowest BCUT2D eigenvalue weighted by Crippen LogP contribution is -2.49. The van der Waals surface area contributed by atoms with E-state index < -0.39 is 30.0 Å². The first-order chi connectivity index (χ1) is 6.70. The Hall–Kier alpha value is -1.27. The molecule has 0 fully saturated rings. The summed E-state index contributed by atoms with van der Waals surface area (Å²) in [6.07, 6.45) is -5.00. The minimum atomic E-state index is -5.00. The van der Waals surface area contributed by atoms with Gasteiger partial charge >= 0.3 is 18.1 Å². The molecule has 0 aromatic heterocycles. The standard InChI is InChI=1S/C8H12F3NO3/c1-4(2)5(6(13)15-3)12-7(14)8(9,10)11/h4-5H,1-3H3,(H,12,14)/t5-/m1/s1. The summed E-state index contributed by atoms with van der Waals surface area (Å²) < 4.78 is 39.9. The van der Waals surface area contributed by atoms with Crippen LogP contribution in [0.1, 0.15) is 13.8 Å². The molecule has 0 aromatic carbocycles. The average molecular weight is 227 g/mol. The molecule has 0 heterocycles. The smallest absolute Gasteiger partial charge is 0.467 e. The highest BCUT2D eigenvalue weighted by Gasteiger charge is 2.41. The summed E-state index contributed by atoms with van der Waals surface area (Å²) in [7, 11) is 1.04. The minimum absolute atomic E-state index is 0.483. The third-order valence-electron chi connectivity index (χ3n) is 1.67. The summed E-state index contributed by atoms with van der Waals surface area (Å²) in [4.78, 5) is 21.6. The van der Waals surface area contributed by atoms with Gasteiger partial charge in [0, 0.05) is 0 Å². The summed E-state index contributed by atoms with van der Waals surface area (Å²) in [5.74, 6) is -3.53. The fraction of sp³-hybridized carbons (Fsp3) is 0.750. The first-order valence-corrected chi connectivity index (χ1v) is 4.15. The van der Waals surface area contributed by atoms with Crippen molar-refractivity contribution in [1.82, 2.24) is 5.32 Å². The molecule has 0 bridgehead atoms. The van der Waals surface area contributed by atoms with Crippen molar-refractivity contribution in [2.75, 3.05) is 7.11 Å². The number of alkyl halides is 3. The minimum Gasteiger partial charge on any atom is -0.467 e. The predicted molar refractivity (Wildman–Crippen MR) is 44.8 cm³/mol. The van der Waals surface area contributed by atoms with E-state index in [0.29, 0.717) is 0 Å². The van der Waals surface area contributed by atoms with Crippen LogP contribution in [-0.2, 0) is 14.3 Å². The van der Waals surface area contributed by atoms with E-state index in [-0.39, 0.29) is 0 Å². The topological polar surface area (TPSA) is 55.4 Å². The number of ether oxygens (including phenoxy) is 1. The van der Waals surface area contributed by atoms with Crippen molar-refractivity contribution in [2.45, 2.75) is 26.1 Å². The quantitative estimate of drug-likeness (QED) is 0.727. The molecule has 0 aliphatic carbocycles. The number of nitrogens with one attached hydrogen (secondary N) is 1. The van der Waals surface area contributed by atoms with Gasteiger partial charge < -0.3 is 10.1 Å². The summed E-state index contributed by atoms with van der Waals surface area (Å²) in [6, 6.07) is -1.29. The first-order valence-electron chi connectivity index (χ1n) is 4.15. The number of carbonyl (C=O) groups excluding carboxylic acids is 2. The molecule has 88 valence electrons. The molecule has 0 aliphatic heterocycles. The van der Waals surface area contributed by atoms with Gasteiger partial charge in [-0.05, 0) is 5.92 Å². The molecule has 15 heavy (non-hydrogen) atoms. The Labute approximate surface area is 84.8 Å². The SMILES string of the molecule is COC(=O)[C@H](NC(=O)C(F)(F)F)C(C)C. The second-order valence-corrected chi connectivity index (χ2v) is 3.22. The molecular weight excluding hydrogens is 215 g/mol. The van der Waals surface area contributed by atoms with Crippen molar-refractivity contribution in [3.8, 4) is 0 Å². The monoisotopic (exact) mass is 227 g/mol. The molecule has 1 N–H and O–H groups in total. The van der Waals surface area contributed by atoms with Crippen molar-refractivity contribution in [3.63, 3.8) is 0 Å². The molecule has 1 atom stereocenters. The second-order valence-electron chi connectivity index (χ2n) is 3.22. The van der Waals surface area contributed by atoms with Gasteiger partial charge in [-0.1, -0.05) is 13.8 Å². The van der Waals surface area contributed by atoms with Crippen molar-refractivity contribution < 1.29 is 27.5 Å². The highest BCUT2D eigenvalue weighted by atomic mass is 19.4. The zero-order valence-corrected chi connectivity index (χ0v) is 8.51. The van der Waals surface area contributed by atoms with Gasteiger partial charge in [0.1, 0.15) is 6.04 Å². The number of hydrogen-bond acceptors (Lipinski definition) is 3. The van der Waals surface area contributed by atoms with Crippen LogP contribution < -0.4 is 5.32 Å². The lowest BCUT2D eigenvalue weighted by molar-refractivity contribution is -0.176. The van der Waals surface area contributed by atoms with Gasteiger partial charge in [0.2, 0.25) is 0 Å². The first kappa shape index (κ1) is 13.7. The normalized spacial score (nSPS) is 13.5. The van der Waals surface area contributed by atoms with Crippen LogP contribution in [0.3, 0.4) is 0 Å². The maximum absolute atomic E-state index is 11.9. The molecule has 7 heteroatoms. The molecule has 0 spiro atoms. The molecule has 4 nitrogen and oxygen atoms in total. The van der Waals surface area contributed by atoms with E-state index in [1.807, 2.05) is 0 Å². The van der Waals surface area contributed by atoms with E-state index >= 15 is 0 Å². The van der Waals surface area contributed by atoms with Crippen LogP contribution >= 0.6 is 0 Å². The Morgan fingerprint density at radius 3 is 2.00 bits per heavy atom. The van der Waals surface area contributed by atoms with Crippen molar-refractivity contribution >= 4 is 11.9 Å². The summed E-state index contributed by atoms with van der Waals surface area (Å²) in [5.41, 5.74) is 0. The van der Waals surface area contributed by atoms with Crippen LogP contribution in [0.25, 0.3) is 0 Å². The molecule has 0 saturated carbocycles. The number of esters is 1. The Bertz CT molecular complexity index is 250. The van der Waals surface area contributed by atoms with Crippen molar-refractivity contribution in [1.29, 1.82) is 0 Å². The number of halogens is 3. The molecule has 0 aliphatic rings. The third kappa shape index (κ3) is 4.18. The van der Waals surface area contributed by atoms with Crippen molar-refractivity contribution in [2.24, 2.45) is 5.92 Å². The van der Waals surface area contributed by atoms with E-state index in [9.17, 15) is 22.8 Å². The van der Waals surface area contributed by atoms with Gasteiger partial charge in [0.05, 0.1) is 7.11 Å². The van der Waals surface area contributed by atoms with Crippen LogP contribution in [0.4, 0.5) is 13.2 Å². The molecule has 0 rings (SSSR count). The molecule has 0 radical (unpaired) electrons. The lowest BCUT2D eigenvalue weighted by Gasteiger charge is -2.20. The van der Waals surface area contributed by atoms with E-state index in [1.54, 1.807) is 5.32 Å². The molecule has 0 aromatic rings. The molecule has 1 amide bonds. The Balaban J connectivity index is 4.57. The van der Waals surface area contributed by atoms with Crippen LogP contribution in [0, 0.1) is 5.92 Å². The van der Waals surface area contributed by atoms with Gasteiger partial charge in [-0.15, -0.1) is 0 Å². The van der Waals surface area contributed by atoms with Gasteiger partial charge in [0.25, 0.3) is 0 Å². The van der Waals surface area contributed by atoms with Gasteiger partial charge in [-0.2, -0.15) is 13.2 Å². The largest absolute Gasteiger partial charge is 0.471 e. The van der Waals surface area contributed by atoms with E-state index in [1.165, 1.54) is 13.8 Å². The van der Waals surface area contributed by atoms with Gasteiger partial charge in [-0.3, -0.25) is 4.79 Å². The second kappa shape index (κ2) is 4.99. The summed E-state index contributed by atoms with van der Waals surface area (Å²) in [6.45, 7) is 3.00. The third-order valence-corrected chi connectivity index (χ3v) is 1.67. The average Bonchev–Trinajstić information content (AvgIpc) is 2.10. The zero-order valence-electron chi connectivity index (χ0n) is 8.51. The fourth-order valence-corrected chi connectivity index (χ4v) is 0.848. The van der Waals surface area contributed by atoms with E-state index in [0.717, 1.165) is 7.11 Å². The lowest BCUT2D eigenvalue weighted by atomic mass is 10.0. The number of hydrogen-bond donors (Lipinski definition) is 1. The molecular formula is C8H12F3NO3. The Morgan fingerprint density at radius 1 is 1.27 bits per heavy atom. The number of rotatable bonds is 3. The summed E-state index contributed by atoms with van der Waals surface area (Å²) >= 11 is 0. The maximum atomic E-state index is 11.9. The van der Waals surface area contributed by atoms with Crippen molar-refractivity contribution in [3.05, 3.63) is 0 Å². The van der Waals surface area contributed by atoms with Crippen LogP contribution in [0.15, 0.2) is 0 Å². The molecule has 0 unspecified atom stereocenters. The number of carbonyl (C=O) groups is 2. The highest BCUT2D eigenvalue weighted by molar-refractivity contribution is 5.87. The number of amides is 1. The Morgan fingerprint density at radius 2 is 1.73 bits per heavy atom. The van der Waals surface area contributed by atoms with Gasteiger partial charge in [-0.25, -0.2) is 4.79 Å². The highest BCUT2D eigenvalue weighted by Crippen LogP contribution is 2.15. The van der Waals surface area contributed by atoms with Crippen LogP contribution in [0.2, 0.25) is 0 Å². The molecule has 0 saturated heterocycles. The van der Waals surface area contributed by atoms with E-state index in [2.05, 4.69) is 4.74 Å². The number of methoxy groups -OCH3 is 1. The maximum Gasteiger partial charge on any atom is 0.471 e.